The zero-order valence-corrected chi connectivity index (χ0v) is 14.0. The number of thiazole rings is 1. The molecule has 0 aliphatic heterocycles. The van der Waals surface area contributed by atoms with E-state index in [1.54, 1.807) is 25.6 Å². The van der Waals surface area contributed by atoms with Crippen LogP contribution in [0.1, 0.15) is 29.8 Å². The number of hydrogen-bond acceptors (Lipinski definition) is 4. The van der Waals surface area contributed by atoms with Crippen molar-refractivity contribution in [1.82, 2.24) is 4.57 Å². The van der Waals surface area contributed by atoms with Crippen LogP contribution in [-0.2, 0) is 12.8 Å². The Bertz CT molecular complexity index is 681. The van der Waals surface area contributed by atoms with Gasteiger partial charge in [0, 0.05) is 10.6 Å². The maximum absolute atomic E-state index is 5.63. The standard InChI is InChI=1S/C16H19NO2S2/c1-18-12-8-6-9-13(19-2)15(12)17-11-7-4-3-5-10-14(11)21-16(17)20/h6,8-9H,3-5,7,10H2,1-2H3. The molecule has 3 nitrogen and oxygen atoms in total. The second-order valence-electron chi connectivity index (χ2n) is 5.15. The molecule has 0 fully saturated rings. The van der Waals surface area contributed by atoms with Crippen LogP contribution >= 0.6 is 23.6 Å². The average molecular weight is 321 g/mol. The first-order valence-corrected chi connectivity index (χ1v) is 8.43. The molecule has 1 heterocycles. The minimum absolute atomic E-state index is 0.801. The highest BCUT2D eigenvalue weighted by molar-refractivity contribution is 7.73. The van der Waals surface area contributed by atoms with Crippen LogP contribution in [0, 0.1) is 3.95 Å². The molecule has 0 spiro atoms. The highest BCUT2D eigenvalue weighted by atomic mass is 32.1. The Morgan fingerprint density at radius 2 is 1.71 bits per heavy atom. The maximum Gasteiger partial charge on any atom is 0.166 e. The van der Waals surface area contributed by atoms with Crippen molar-refractivity contribution >= 4 is 23.6 Å². The second-order valence-corrected chi connectivity index (χ2v) is 6.87. The Kier molecular flexibility index (Phi) is 4.31. The quantitative estimate of drug-likeness (QED) is 0.612. The SMILES string of the molecule is COc1cccc(OC)c1-n1c2c(sc1=S)CCCCC2. The molecule has 0 radical (unpaired) electrons. The largest absolute Gasteiger partial charge is 0.494 e. The summed E-state index contributed by atoms with van der Waals surface area (Å²) in [5.41, 5.74) is 2.28. The number of nitrogens with zero attached hydrogens (tertiary/aromatic N) is 1. The molecule has 1 aliphatic rings. The van der Waals surface area contributed by atoms with Gasteiger partial charge in [0.05, 0.1) is 14.2 Å². The molecule has 21 heavy (non-hydrogen) atoms. The number of para-hydroxylation sites is 1. The van der Waals surface area contributed by atoms with Gasteiger partial charge in [-0.2, -0.15) is 0 Å². The molecule has 2 aromatic rings. The van der Waals surface area contributed by atoms with Gasteiger partial charge in [0.15, 0.2) is 3.95 Å². The summed E-state index contributed by atoms with van der Waals surface area (Å²) >= 11 is 7.36. The van der Waals surface area contributed by atoms with E-state index in [9.17, 15) is 0 Å². The Morgan fingerprint density at radius 1 is 1.05 bits per heavy atom. The predicted octanol–water partition coefficient (Wildman–Crippen LogP) is 4.55. The topological polar surface area (TPSA) is 23.4 Å². The zero-order valence-electron chi connectivity index (χ0n) is 12.3. The third-order valence-electron chi connectivity index (χ3n) is 3.93. The minimum Gasteiger partial charge on any atom is -0.494 e. The number of aromatic nitrogens is 1. The molecule has 1 aromatic heterocycles. The van der Waals surface area contributed by atoms with E-state index in [1.807, 2.05) is 18.2 Å². The summed E-state index contributed by atoms with van der Waals surface area (Å²) in [6, 6.07) is 5.86. The Morgan fingerprint density at radius 3 is 2.38 bits per heavy atom. The van der Waals surface area contributed by atoms with Gasteiger partial charge < -0.3 is 9.47 Å². The smallest absolute Gasteiger partial charge is 0.166 e. The van der Waals surface area contributed by atoms with Crippen LogP contribution < -0.4 is 9.47 Å². The second kappa shape index (κ2) is 6.20. The van der Waals surface area contributed by atoms with Gasteiger partial charge in [0.25, 0.3) is 0 Å². The van der Waals surface area contributed by atoms with Gasteiger partial charge >= 0.3 is 0 Å². The number of hydrogen-bond donors (Lipinski definition) is 0. The van der Waals surface area contributed by atoms with Crippen molar-refractivity contribution in [3.05, 3.63) is 32.7 Å². The summed E-state index contributed by atoms with van der Waals surface area (Å²) in [6.45, 7) is 0. The minimum atomic E-state index is 0.801. The molecular formula is C16H19NO2S2. The van der Waals surface area contributed by atoms with Crippen molar-refractivity contribution in [3.63, 3.8) is 0 Å². The molecule has 0 bridgehead atoms. The van der Waals surface area contributed by atoms with Gasteiger partial charge in [-0.1, -0.05) is 12.5 Å². The molecule has 3 rings (SSSR count). The number of fused-ring (bicyclic) bond motifs is 1. The number of aryl methyl sites for hydroxylation is 1. The fourth-order valence-electron chi connectivity index (χ4n) is 2.92. The number of methoxy groups -OCH3 is 2. The monoisotopic (exact) mass is 321 g/mol. The van der Waals surface area contributed by atoms with E-state index in [0.717, 1.165) is 34.0 Å². The van der Waals surface area contributed by atoms with Gasteiger partial charge in [-0.15, -0.1) is 11.3 Å². The van der Waals surface area contributed by atoms with Crippen molar-refractivity contribution in [1.29, 1.82) is 0 Å². The summed E-state index contributed by atoms with van der Waals surface area (Å²) in [7, 11) is 3.37. The van der Waals surface area contributed by atoms with Crippen LogP contribution in [0.25, 0.3) is 5.69 Å². The molecule has 0 amide bonds. The zero-order chi connectivity index (χ0) is 14.8. The fraction of sp³-hybridized carbons (Fsp3) is 0.438. The third kappa shape index (κ3) is 2.60. The molecule has 1 aliphatic carbocycles. The van der Waals surface area contributed by atoms with E-state index in [1.165, 1.54) is 29.8 Å². The maximum atomic E-state index is 5.63. The average Bonchev–Trinajstić information content (AvgIpc) is 2.67. The van der Waals surface area contributed by atoms with E-state index < -0.39 is 0 Å². The molecule has 0 N–H and O–H groups in total. The van der Waals surface area contributed by atoms with E-state index in [0.29, 0.717) is 0 Å². The van der Waals surface area contributed by atoms with Crippen LogP contribution in [0.4, 0.5) is 0 Å². The Labute approximate surface area is 134 Å². The van der Waals surface area contributed by atoms with Gasteiger partial charge in [-0.05, 0) is 50.0 Å². The van der Waals surface area contributed by atoms with E-state index in [-0.39, 0.29) is 0 Å². The summed E-state index contributed by atoms with van der Waals surface area (Å²) in [5.74, 6) is 1.60. The highest BCUT2D eigenvalue weighted by Gasteiger charge is 2.21. The number of rotatable bonds is 3. The molecule has 5 heteroatoms. The van der Waals surface area contributed by atoms with Crippen molar-refractivity contribution in [3.8, 4) is 17.2 Å². The van der Waals surface area contributed by atoms with E-state index in [2.05, 4.69) is 4.57 Å². The lowest BCUT2D eigenvalue weighted by molar-refractivity contribution is 0.390. The third-order valence-corrected chi connectivity index (χ3v) is 5.40. The Hall–Kier alpha value is -1.33. The molecule has 0 saturated heterocycles. The Balaban J connectivity index is 2.26. The van der Waals surface area contributed by atoms with E-state index >= 15 is 0 Å². The van der Waals surface area contributed by atoms with Gasteiger partial charge in [0.1, 0.15) is 17.2 Å². The van der Waals surface area contributed by atoms with Crippen molar-refractivity contribution < 1.29 is 9.47 Å². The number of benzene rings is 1. The summed E-state index contributed by atoms with van der Waals surface area (Å²) < 4.78 is 14.1. The van der Waals surface area contributed by atoms with Crippen LogP contribution in [0.5, 0.6) is 11.5 Å². The molecule has 0 atom stereocenters. The van der Waals surface area contributed by atoms with Gasteiger partial charge in [-0.25, -0.2) is 0 Å². The molecular weight excluding hydrogens is 302 g/mol. The molecule has 0 unspecified atom stereocenters. The van der Waals surface area contributed by atoms with Crippen molar-refractivity contribution in [2.45, 2.75) is 32.1 Å². The van der Waals surface area contributed by atoms with Crippen LogP contribution in [-0.4, -0.2) is 18.8 Å². The normalized spacial score (nSPS) is 14.4. The molecule has 0 saturated carbocycles. The lowest BCUT2D eigenvalue weighted by atomic mass is 10.2. The highest BCUT2D eigenvalue weighted by Crippen LogP contribution is 2.38. The van der Waals surface area contributed by atoms with Crippen LogP contribution in [0.2, 0.25) is 0 Å². The van der Waals surface area contributed by atoms with E-state index in [4.69, 9.17) is 21.7 Å². The summed E-state index contributed by atoms with van der Waals surface area (Å²) in [5, 5.41) is 0. The van der Waals surface area contributed by atoms with Gasteiger partial charge in [0.2, 0.25) is 0 Å². The lowest BCUT2D eigenvalue weighted by Crippen LogP contribution is -2.05. The fourth-order valence-corrected chi connectivity index (χ4v) is 4.49. The first kappa shape index (κ1) is 14.6. The lowest BCUT2D eigenvalue weighted by Gasteiger charge is -2.16. The first-order chi connectivity index (χ1) is 10.3. The number of ether oxygens (including phenoxy) is 2. The molecule has 112 valence electrons. The summed E-state index contributed by atoms with van der Waals surface area (Å²) in [4.78, 5) is 1.42. The van der Waals surface area contributed by atoms with Gasteiger partial charge in [-0.3, -0.25) is 4.57 Å². The van der Waals surface area contributed by atoms with Crippen molar-refractivity contribution in [2.75, 3.05) is 14.2 Å². The first-order valence-electron chi connectivity index (χ1n) is 7.21. The summed E-state index contributed by atoms with van der Waals surface area (Å²) in [6.07, 6.45) is 5.97. The van der Waals surface area contributed by atoms with Crippen LogP contribution in [0.3, 0.4) is 0 Å². The van der Waals surface area contributed by atoms with Crippen molar-refractivity contribution in [2.24, 2.45) is 0 Å². The van der Waals surface area contributed by atoms with Crippen LogP contribution in [0.15, 0.2) is 18.2 Å². The predicted molar refractivity (Wildman–Crippen MR) is 88.8 cm³/mol. The molecule has 1 aromatic carbocycles.